The van der Waals surface area contributed by atoms with Gasteiger partial charge in [-0.15, -0.1) is 0 Å². The van der Waals surface area contributed by atoms with Crippen LogP contribution >= 0.6 is 0 Å². The van der Waals surface area contributed by atoms with Gasteiger partial charge in [0.1, 0.15) is 5.75 Å². The third-order valence-electron chi connectivity index (χ3n) is 3.78. The van der Waals surface area contributed by atoms with E-state index in [1.165, 1.54) is 31.4 Å². The van der Waals surface area contributed by atoms with Gasteiger partial charge < -0.3 is 10.1 Å². The number of nitrogens with zero attached hydrogens (tertiary/aromatic N) is 1. The highest BCUT2D eigenvalue weighted by molar-refractivity contribution is 5.28. The Balaban J connectivity index is 1.99. The highest BCUT2D eigenvalue weighted by atomic mass is 16.5. The van der Waals surface area contributed by atoms with Gasteiger partial charge in [-0.05, 0) is 51.1 Å². The largest absolute Gasteiger partial charge is 0.494 e. The van der Waals surface area contributed by atoms with Gasteiger partial charge in [0.2, 0.25) is 0 Å². The molecule has 1 saturated heterocycles. The van der Waals surface area contributed by atoms with E-state index in [1.54, 1.807) is 0 Å². The smallest absolute Gasteiger partial charge is 0.119 e. The third-order valence-corrected chi connectivity index (χ3v) is 3.78. The normalized spacial score (nSPS) is 20.4. The zero-order valence-corrected chi connectivity index (χ0v) is 12.2. The molecule has 1 atom stereocenters. The zero-order chi connectivity index (χ0) is 13.5. The lowest BCUT2D eigenvalue weighted by Crippen LogP contribution is -2.44. The maximum Gasteiger partial charge on any atom is 0.119 e. The Morgan fingerprint density at radius 2 is 2.26 bits per heavy atom. The van der Waals surface area contributed by atoms with E-state index in [0.717, 1.165) is 25.4 Å². The van der Waals surface area contributed by atoms with Gasteiger partial charge in [0.15, 0.2) is 0 Å². The molecular formula is C16H26N2O. The maximum absolute atomic E-state index is 5.58. The van der Waals surface area contributed by atoms with Crippen LogP contribution in [-0.2, 0) is 6.54 Å². The number of benzene rings is 1. The fourth-order valence-corrected chi connectivity index (χ4v) is 2.87. The van der Waals surface area contributed by atoms with Crippen LogP contribution in [-0.4, -0.2) is 37.7 Å². The quantitative estimate of drug-likeness (QED) is 0.853. The molecule has 0 bridgehead atoms. The Bertz CT molecular complexity index is 379. The monoisotopic (exact) mass is 262 g/mol. The van der Waals surface area contributed by atoms with Gasteiger partial charge in [-0.1, -0.05) is 18.6 Å². The molecule has 1 unspecified atom stereocenters. The van der Waals surface area contributed by atoms with Gasteiger partial charge in [-0.2, -0.15) is 0 Å². The number of ether oxygens (including phenoxy) is 1. The molecule has 2 rings (SSSR count). The van der Waals surface area contributed by atoms with Crippen LogP contribution in [0.3, 0.4) is 0 Å². The Hall–Kier alpha value is -1.06. The van der Waals surface area contributed by atoms with Gasteiger partial charge in [-0.25, -0.2) is 0 Å². The van der Waals surface area contributed by atoms with E-state index < -0.39 is 0 Å². The Morgan fingerprint density at radius 3 is 3.05 bits per heavy atom. The molecule has 3 nitrogen and oxygen atoms in total. The minimum absolute atomic E-state index is 0.675. The minimum Gasteiger partial charge on any atom is -0.494 e. The van der Waals surface area contributed by atoms with E-state index in [4.69, 9.17) is 4.74 Å². The molecule has 3 heteroatoms. The summed E-state index contributed by atoms with van der Waals surface area (Å²) in [4.78, 5) is 2.60. The number of rotatable bonds is 6. The van der Waals surface area contributed by atoms with Crippen molar-refractivity contribution < 1.29 is 4.74 Å². The number of hydrogen-bond acceptors (Lipinski definition) is 3. The highest BCUT2D eigenvalue weighted by Gasteiger charge is 2.21. The number of likely N-dealkylation sites (N-methyl/N-ethyl adjacent to an activating group) is 1. The second kappa shape index (κ2) is 7.51. The molecule has 0 amide bonds. The van der Waals surface area contributed by atoms with Crippen LogP contribution in [0.5, 0.6) is 5.75 Å². The van der Waals surface area contributed by atoms with E-state index in [-0.39, 0.29) is 0 Å². The Kier molecular flexibility index (Phi) is 5.67. The molecule has 0 aromatic heterocycles. The molecule has 1 aromatic carbocycles. The van der Waals surface area contributed by atoms with E-state index in [2.05, 4.69) is 28.4 Å². The van der Waals surface area contributed by atoms with Crippen LogP contribution in [0.25, 0.3) is 0 Å². The van der Waals surface area contributed by atoms with Crippen molar-refractivity contribution >= 4 is 0 Å². The van der Waals surface area contributed by atoms with Crippen molar-refractivity contribution in [2.24, 2.45) is 0 Å². The molecule has 19 heavy (non-hydrogen) atoms. The van der Waals surface area contributed by atoms with Gasteiger partial charge in [0.05, 0.1) is 6.61 Å². The topological polar surface area (TPSA) is 24.5 Å². The molecule has 1 fully saturated rings. The van der Waals surface area contributed by atoms with Crippen LogP contribution < -0.4 is 10.1 Å². The molecule has 0 radical (unpaired) electrons. The summed E-state index contributed by atoms with van der Waals surface area (Å²) in [7, 11) is 2.04. The maximum atomic E-state index is 5.58. The van der Waals surface area contributed by atoms with Crippen molar-refractivity contribution in [1.29, 1.82) is 0 Å². The predicted octanol–water partition coefficient (Wildman–Crippen LogP) is 2.66. The summed E-state index contributed by atoms with van der Waals surface area (Å²) in [6.45, 7) is 6.10. The average molecular weight is 262 g/mol. The zero-order valence-electron chi connectivity index (χ0n) is 12.2. The first kappa shape index (κ1) is 14.4. The first-order valence-electron chi connectivity index (χ1n) is 7.44. The van der Waals surface area contributed by atoms with Crippen LogP contribution in [0, 0.1) is 0 Å². The SMILES string of the molecule is CCOc1cccc(CN2CCCCC2CNC)c1. The first-order chi connectivity index (χ1) is 9.33. The van der Waals surface area contributed by atoms with Crippen molar-refractivity contribution in [2.45, 2.75) is 38.8 Å². The fourth-order valence-electron chi connectivity index (χ4n) is 2.87. The lowest BCUT2D eigenvalue weighted by molar-refractivity contribution is 0.139. The minimum atomic E-state index is 0.675. The summed E-state index contributed by atoms with van der Waals surface area (Å²) < 4.78 is 5.58. The third kappa shape index (κ3) is 4.22. The average Bonchev–Trinajstić information content (AvgIpc) is 2.42. The summed E-state index contributed by atoms with van der Waals surface area (Å²) in [6, 6.07) is 9.18. The summed E-state index contributed by atoms with van der Waals surface area (Å²) in [6.07, 6.45) is 4.00. The molecule has 1 heterocycles. The van der Waals surface area contributed by atoms with Crippen molar-refractivity contribution in [3.63, 3.8) is 0 Å². The molecule has 0 aliphatic carbocycles. The van der Waals surface area contributed by atoms with Crippen LogP contribution in [0.1, 0.15) is 31.7 Å². The van der Waals surface area contributed by atoms with Crippen LogP contribution in [0.2, 0.25) is 0 Å². The molecule has 1 aliphatic rings. The van der Waals surface area contributed by atoms with E-state index in [9.17, 15) is 0 Å². The Morgan fingerprint density at radius 1 is 1.37 bits per heavy atom. The van der Waals surface area contributed by atoms with Crippen LogP contribution in [0.15, 0.2) is 24.3 Å². The van der Waals surface area contributed by atoms with Gasteiger partial charge in [0.25, 0.3) is 0 Å². The van der Waals surface area contributed by atoms with Crippen molar-refractivity contribution in [3.05, 3.63) is 29.8 Å². The summed E-state index contributed by atoms with van der Waals surface area (Å²) in [5.74, 6) is 0.988. The number of hydrogen-bond donors (Lipinski definition) is 1. The van der Waals surface area contributed by atoms with Crippen LogP contribution in [0.4, 0.5) is 0 Å². The van der Waals surface area contributed by atoms with Gasteiger partial charge in [-0.3, -0.25) is 4.90 Å². The molecular weight excluding hydrogens is 236 g/mol. The van der Waals surface area contributed by atoms with Crippen molar-refractivity contribution in [3.8, 4) is 5.75 Å². The number of nitrogens with one attached hydrogen (secondary N) is 1. The molecule has 1 aromatic rings. The van der Waals surface area contributed by atoms with E-state index in [0.29, 0.717) is 6.04 Å². The van der Waals surface area contributed by atoms with Crippen molar-refractivity contribution in [2.75, 3.05) is 26.7 Å². The standard InChI is InChI=1S/C16H26N2O/c1-3-19-16-9-6-7-14(11-16)13-18-10-5-4-8-15(18)12-17-2/h6-7,9,11,15,17H,3-5,8,10,12-13H2,1-2H3. The lowest BCUT2D eigenvalue weighted by Gasteiger charge is -2.35. The second-order valence-corrected chi connectivity index (χ2v) is 5.26. The summed E-state index contributed by atoms with van der Waals surface area (Å²) in [5.41, 5.74) is 1.36. The lowest BCUT2D eigenvalue weighted by atomic mass is 10.0. The second-order valence-electron chi connectivity index (χ2n) is 5.26. The summed E-state index contributed by atoms with van der Waals surface area (Å²) >= 11 is 0. The molecule has 0 spiro atoms. The van der Waals surface area contributed by atoms with E-state index in [1.807, 2.05) is 20.0 Å². The van der Waals surface area contributed by atoms with Gasteiger partial charge in [0, 0.05) is 19.1 Å². The Labute approximate surface area is 116 Å². The number of likely N-dealkylation sites (tertiary alicyclic amines) is 1. The first-order valence-corrected chi connectivity index (χ1v) is 7.44. The van der Waals surface area contributed by atoms with E-state index >= 15 is 0 Å². The highest BCUT2D eigenvalue weighted by Crippen LogP contribution is 2.21. The molecule has 0 saturated carbocycles. The fraction of sp³-hybridized carbons (Fsp3) is 0.625. The molecule has 1 N–H and O–H groups in total. The van der Waals surface area contributed by atoms with Crippen molar-refractivity contribution in [1.82, 2.24) is 10.2 Å². The molecule has 106 valence electrons. The predicted molar refractivity (Wildman–Crippen MR) is 79.6 cm³/mol. The van der Waals surface area contributed by atoms with Gasteiger partial charge >= 0.3 is 0 Å². The summed E-state index contributed by atoms with van der Waals surface area (Å²) in [5, 5.41) is 3.32. The molecule has 1 aliphatic heterocycles. The number of piperidine rings is 1.